The third-order valence-corrected chi connectivity index (χ3v) is 4.45. The summed E-state index contributed by atoms with van der Waals surface area (Å²) in [5.41, 5.74) is 6.15. The fourth-order valence-corrected chi connectivity index (χ4v) is 3.08. The molecule has 1 aliphatic rings. The second kappa shape index (κ2) is 7.12. The van der Waals surface area contributed by atoms with Crippen LogP contribution in [0.15, 0.2) is 29.2 Å². The van der Waals surface area contributed by atoms with Crippen LogP contribution in [0.1, 0.15) is 19.3 Å². The first kappa shape index (κ1) is 13.8. The van der Waals surface area contributed by atoms with Gasteiger partial charge >= 0.3 is 0 Å². The van der Waals surface area contributed by atoms with Gasteiger partial charge in [0, 0.05) is 29.9 Å². The molecular formula is C14H20FNOS. The molecule has 0 aromatic heterocycles. The van der Waals surface area contributed by atoms with Crippen molar-refractivity contribution in [2.75, 3.05) is 19.0 Å². The molecule has 1 aromatic rings. The minimum absolute atomic E-state index is 0.189. The van der Waals surface area contributed by atoms with Crippen molar-refractivity contribution in [1.29, 1.82) is 0 Å². The van der Waals surface area contributed by atoms with Crippen molar-refractivity contribution in [3.8, 4) is 0 Å². The highest BCUT2D eigenvalue weighted by atomic mass is 32.2. The van der Waals surface area contributed by atoms with Gasteiger partial charge in [-0.1, -0.05) is 0 Å². The molecular weight excluding hydrogens is 249 g/mol. The lowest BCUT2D eigenvalue weighted by Gasteiger charge is -2.24. The summed E-state index contributed by atoms with van der Waals surface area (Å²) in [7, 11) is 0. The average Bonchev–Trinajstić information content (AvgIpc) is 2.39. The van der Waals surface area contributed by atoms with Gasteiger partial charge in [0.1, 0.15) is 5.82 Å². The maximum absolute atomic E-state index is 12.7. The van der Waals surface area contributed by atoms with Gasteiger partial charge in [-0.2, -0.15) is 0 Å². The van der Waals surface area contributed by atoms with Gasteiger partial charge in [-0.25, -0.2) is 4.39 Å². The zero-order valence-electron chi connectivity index (χ0n) is 10.5. The summed E-state index contributed by atoms with van der Waals surface area (Å²) in [6, 6.07) is 6.81. The highest BCUT2D eigenvalue weighted by Crippen LogP contribution is 2.23. The van der Waals surface area contributed by atoms with Crippen molar-refractivity contribution in [2.45, 2.75) is 30.2 Å². The van der Waals surface area contributed by atoms with E-state index in [9.17, 15) is 4.39 Å². The Morgan fingerprint density at radius 3 is 2.61 bits per heavy atom. The molecule has 4 heteroatoms. The first-order valence-electron chi connectivity index (χ1n) is 6.46. The van der Waals surface area contributed by atoms with Crippen LogP contribution in [0.3, 0.4) is 0 Å². The van der Waals surface area contributed by atoms with Gasteiger partial charge < -0.3 is 10.5 Å². The van der Waals surface area contributed by atoms with E-state index in [1.54, 1.807) is 23.9 Å². The molecule has 0 aliphatic carbocycles. The molecule has 2 rings (SSSR count). The molecule has 0 spiro atoms. The van der Waals surface area contributed by atoms with E-state index >= 15 is 0 Å². The lowest BCUT2D eigenvalue weighted by atomic mass is 9.93. The van der Waals surface area contributed by atoms with Crippen molar-refractivity contribution in [2.24, 2.45) is 11.7 Å². The number of rotatable bonds is 5. The number of hydrogen-bond acceptors (Lipinski definition) is 3. The molecule has 1 unspecified atom stereocenters. The van der Waals surface area contributed by atoms with E-state index in [0.29, 0.717) is 5.92 Å². The van der Waals surface area contributed by atoms with E-state index < -0.39 is 0 Å². The van der Waals surface area contributed by atoms with Crippen molar-refractivity contribution < 1.29 is 9.13 Å². The van der Waals surface area contributed by atoms with Crippen molar-refractivity contribution in [3.05, 3.63) is 30.1 Å². The quantitative estimate of drug-likeness (QED) is 0.834. The third-order valence-electron chi connectivity index (χ3n) is 3.25. The lowest BCUT2D eigenvalue weighted by Crippen LogP contribution is -2.28. The molecule has 18 heavy (non-hydrogen) atoms. The number of benzene rings is 1. The van der Waals surface area contributed by atoms with Crippen LogP contribution in [-0.4, -0.2) is 25.0 Å². The Hall–Kier alpha value is -0.580. The van der Waals surface area contributed by atoms with Crippen LogP contribution in [0.4, 0.5) is 4.39 Å². The molecule has 0 saturated carbocycles. The Kier molecular flexibility index (Phi) is 5.47. The molecule has 1 aliphatic heterocycles. The summed E-state index contributed by atoms with van der Waals surface area (Å²) in [4.78, 5) is 1.08. The molecule has 1 aromatic carbocycles. The number of ether oxygens (including phenoxy) is 1. The van der Waals surface area contributed by atoms with Crippen LogP contribution in [0, 0.1) is 11.7 Å². The third kappa shape index (κ3) is 4.59. The van der Waals surface area contributed by atoms with Gasteiger partial charge in [0.05, 0.1) is 0 Å². The minimum atomic E-state index is -0.189. The molecule has 2 N–H and O–H groups in total. The summed E-state index contributed by atoms with van der Waals surface area (Å²) in [6.45, 7) is 1.75. The van der Waals surface area contributed by atoms with E-state index in [2.05, 4.69) is 0 Å². The Bertz CT molecular complexity index is 351. The van der Waals surface area contributed by atoms with Gasteiger partial charge in [0.2, 0.25) is 0 Å². The minimum Gasteiger partial charge on any atom is -0.381 e. The van der Waals surface area contributed by atoms with E-state index in [1.807, 2.05) is 0 Å². The summed E-state index contributed by atoms with van der Waals surface area (Å²) in [5.74, 6) is 1.41. The second-order valence-corrected chi connectivity index (χ2v) is 5.91. The summed E-state index contributed by atoms with van der Waals surface area (Å²) in [6.07, 6.45) is 3.33. The van der Waals surface area contributed by atoms with Crippen molar-refractivity contribution in [3.63, 3.8) is 0 Å². The van der Waals surface area contributed by atoms with Gasteiger partial charge in [-0.3, -0.25) is 0 Å². The Labute approximate surface area is 112 Å². The molecule has 1 heterocycles. The maximum Gasteiger partial charge on any atom is 0.123 e. The highest BCUT2D eigenvalue weighted by molar-refractivity contribution is 7.99. The molecule has 0 amide bonds. The van der Waals surface area contributed by atoms with E-state index in [0.717, 1.165) is 43.1 Å². The van der Waals surface area contributed by atoms with E-state index in [4.69, 9.17) is 10.5 Å². The standard InChI is InChI=1S/C14H20FNOS/c15-12-1-3-14(4-2-12)18-10-13(16)9-11-5-7-17-8-6-11/h1-4,11,13H,5-10,16H2. The molecule has 1 saturated heterocycles. The van der Waals surface area contributed by atoms with Crippen molar-refractivity contribution in [1.82, 2.24) is 0 Å². The predicted octanol–water partition coefficient (Wildman–Crippen LogP) is 3.06. The fraction of sp³-hybridized carbons (Fsp3) is 0.571. The number of hydrogen-bond donors (Lipinski definition) is 1. The Morgan fingerprint density at radius 1 is 1.28 bits per heavy atom. The monoisotopic (exact) mass is 269 g/mol. The maximum atomic E-state index is 12.7. The predicted molar refractivity (Wildman–Crippen MR) is 73.3 cm³/mol. The van der Waals surface area contributed by atoms with E-state index in [1.165, 1.54) is 12.1 Å². The molecule has 1 fully saturated rings. The molecule has 2 nitrogen and oxygen atoms in total. The molecule has 0 bridgehead atoms. The van der Waals surface area contributed by atoms with Gasteiger partial charge in [-0.15, -0.1) is 11.8 Å². The van der Waals surface area contributed by atoms with Gasteiger partial charge in [0.15, 0.2) is 0 Å². The van der Waals surface area contributed by atoms with Crippen LogP contribution >= 0.6 is 11.8 Å². The Morgan fingerprint density at radius 2 is 1.94 bits per heavy atom. The molecule has 0 radical (unpaired) electrons. The number of nitrogens with two attached hydrogens (primary N) is 1. The summed E-state index contributed by atoms with van der Waals surface area (Å²) < 4.78 is 18.1. The zero-order valence-corrected chi connectivity index (χ0v) is 11.3. The summed E-state index contributed by atoms with van der Waals surface area (Å²) >= 11 is 1.70. The average molecular weight is 269 g/mol. The van der Waals surface area contributed by atoms with E-state index in [-0.39, 0.29) is 11.9 Å². The van der Waals surface area contributed by atoms with Crippen LogP contribution in [0.5, 0.6) is 0 Å². The van der Waals surface area contributed by atoms with Crippen LogP contribution in [0.25, 0.3) is 0 Å². The topological polar surface area (TPSA) is 35.2 Å². The van der Waals surface area contributed by atoms with Crippen LogP contribution in [-0.2, 0) is 4.74 Å². The number of halogens is 1. The summed E-state index contributed by atoms with van der Waals surface area (Å²) in [5, 5.41) is 0. The van der Waals surface area contributed by atoms with Gasteiger partial charge in [0.25, 0.3) is 0 Å². The van der Waals surface area contributed by atoms with Gasteiger partial charge in [-0.05, 0) is 49.4 Å². The normalized spacial score (nSPS) is 18.8. The first-order valence-corrected chi connectivity index (χ1v) is 7.44. The van der Waals surface area contributed by atoms with Crippen molar-refractivity contribution >= 4 is 11.8 Å². The lowest BCUT2D eigenvalue weighted by molar-refractivity contribution is 0.0625. The fourth-order valence-electron chi connectivity index (χ4n) is 2.21. The smallest absolute Gasteiger partial charge is 0.123 e. The zero-order chi connectivity index (χ0) is 12.8. The SMILES string of the molecule is NC(CSc1ccc(F)cc1)CC1CCOCC1. The first-order chi connectivity index (χ1) is 8.74. The largest absolute Gasteiger partial charge is 0.381 e. The van der Waals surface area contributed by atoms with Crippen LogP contribution < -0.4 is 5.73 Å². The molecule has 1 atom stereocenters. The molecule has 100 valence electrons. The number of thioether (sulfide) groups is 1. The highest BCUT2D eigenvalue weighted by Gasteiger charge is 2.17. The Balaban J connectivity index is 1.70. The second-order valence-electron chi connectivity index (χ2n) is 4.82. The van der Waals surface area contributed by atoms with Crippen LogP contribution in [0.2, 0.25) is 0 Å².